The van der Waals surface area contributed by atoms with Crippen molar-refractivity contribution in [1.82, 2.24) is 4.90 Å². The molecule has 1 aliphatic rings. The van der Waals surface area contributed by atoms with Gasteiger partial charge in [0.05, 0.1) is 26.9 Å². The summed E-state index contributed by atoms with van der Waals surface area (Å²) in [5, 5.41) is 5.99. The zero-order chi connectivity index (χ0) is 29.4. The summed E-state index contributed by atoms with van der Waals surface area (Å²) in [6.45, 7) is 0.644. The van der Waals surface area contributed by atoms with Crippen LogP contribution in [0.5, 0.6) is 17.2 Å². The number of thioether (sulfide) groups is 1. The van der Waals surface area contributed by atoms with Crippen LogP contribution in [0.2, 0.25) is 0 Å². The first-order valence-electron chi connectivity index (χ1n) is 12.7. The molecule has 3 aromatic carbocycles. The number of ether oxygens (including phenoxy) is 4. The molecule has 3 amide bonds. The van der Waals surface area contributed by atoms with E-state index in [0.29, 0.717) is 52.1 Å². The lowest BCUT2D eigenvalue weighted by molar-refractivity contribution is -0.137. The molecule has 0 bridgehead atoms. The van der Waals surface area contributed by atoms with E-state index in [9.17, 15) is 14.4 Å². The average molecular weight is 578 g/mol. The summed E-state index contributed by atoms with van der Waals surface area (Å²) in [5.41, 5.74) is 1.66. The van der Waals surface area contributed by atoms with Crippen molar-refractivity contribution in [2.45, 2.75) is 11.3 Å². The van der Waals surface area contributed by atoms with E-state index in [1.807, 2.05) is 0 Å². The Hall–Kier alpha value is -4.48. The Balaban J connectivity index is 1.58. The van der Waals surface area contributed by atoms with E-state index in [2.05, 4.69) is 10.6 Å². The van der Waals surface area contributed by atoms with E-state index in [1.165, 1.54) is 19.1 Å². The molecule has 0 aromatic heterocycles. The number of anilines is 2. The standard InChI is InChI=1S/C30H31N3O7S/c1-37-16-6-15-33-29(35)26(31-19-9-11-21(38-2)12-10-19)27(30(33)36)41-23-8-5-7-20(17-23)32-28(34)24-14-13-22(39-3)18-25(24)40-4/h5,7-14,17-18,31H,6,15-16H2,1-4H3,(H,32,34). The van der Waals surface area contributed by atoms with Crippen molar-refractivity contribution in [1.29, 1.82) is 0 Å². The molecular formula is C30H31N3O7S. The third-order valence-electron chi connectivity index (χ3n) is 6.18. The predicted molar refractivity (Wildman–Crippen MR) is 157 cm³/mol. The summed E-state index contributed by atoms with van der Waals surface area (Å²) >= 11 is 1.15. The SMILES string of the molecule is COCCCN1C(=O)C(Nc2ccc(OC)cc2)=C(Sc2cccc(NC(=O)c3ccc(OC)cc3OC)c2)C1=O. The molecule has 4 rings (SSSR count). The van der Waals surface area contributed by atoms with Gasteiger partial charge in [-0.15, -0.1) is 0 Å². The molecule has 2 N–H and O–H groups in total. The van der Waals surface area contributed by atoms with Crippen molar-refractivity contribution in [3.63, 3.8) is 0 Å². The number of nitrogens with one attached hydrogen (secondary N) is 2. The van der Waals surface area contributed by atoms with Gasteiger partial charge < -0.3 is 29.6 Å². The molecule has 0 saturated heterocycles. The minimum absolute atomic E-state index is 0.181. The van der Waals surface area contributed by atoms with E-state index in [0.717, 1.165) is 11.8 Å². The van der Waals surface area contributed by atoms with Gasteiger partial charge >= 0.3 is 0 Å². The van der Waals surface area contributed by atoms with Crippen molar-refractivity contribution in [3.05, 3.63) is 82.9 Å². The van der Waals surface area contributed by atoms with Crippen LogP contribution < -0.4 is 24.8 Å². The van der Waals surface area contributed by atoms with Crippen molar-refractivity contribution >= 4 is 40.9 Å². The molecule has 1 aliphatic heterocycles. The van der Waals surface area contributed by atoms with Crippen LogP contribution in [0.3, 0.4) is 0 Å². The Kier molecular flexibility index (Phi) is 9.88. The van der Waals surface area contributed by atoms with Crippen LogP contribution in [0.15, 0.2) is 82.2 Å². The topological polar surface area (TPSA) is 115 Å². The molecule has 0 atom stereocenters. The zero-order valence-electron chi connectivity index (χ0n) is 23.2. The van der Waals surface area contributed by atoms with Gasteiger partial charge in [0.15, 0.2) is 0 Å². The van der Waals surface area contributed by atoms with Crippen LogP contribution in [0.25, 0.3) is 0 Å². The Morgan fingerprint density at radius 1 is 0.829 bits per heavy atom. The number of benzene rings is 3. The Labute approximate surface area is 242 Å². The van der Waals surface area contributed by atoms with Gasteiger partial charge in [0.2, 0.25) is 0 Å². The van der Waals surface area contributed by atoms with Gasteiger partial charge in [0.1, 0.15) is 27.9 Å². The molecule has 3 aromatic rings. The first kappa shape index (κ1) is 29.5. The second kappa shape index (κ2) is 13.7. The quantitative estimate of drug-likeness (QED) is 0.219. The van der Waals surface area contributed by atoms with Gasteiger partial charge in [-0.2, -0.15) is 0 Å². The molecule has 0 aliphatic carbocycles. The van der Waals surface area contributed by atoms with Crippen LogP contribution in [0, 0.1) is 0 Å². The minimum atomic E-state index is -0.416. The third-order valence-corrected chi connectivity index (χ3v) is 7.25. The maximum Gasteiger partial charge on any atom is 0.278 e. The lowest BCUT2D eigenvalue weighted by Crippen LogP contribution is -2.33. The number of amides is 3. The highest BCUT2D eigenvalue weighted by molar-refractivity contribution is 8.04. The Morgan fingerprint density at radius 3 is 2.24 bits per heavy atom. The van der Waals surface area contributed by atoms with Gasteiger partial charge in [-0.1, -0.05) is 17.8 Å². The minimum Gasteiger partial charge on any atom is -0.497 e. The average Bonchev–Trinajstić information content (AvgIpc) is 3.21. The highest BCUT2D eigenvalue weighted by atomic mass is 32.2. The van der Waals surface area contributed by atoms with E-state index in [1.54, 1.807) is 80.9 Å². The van der Waals surface area contributed by atoms with Crippen molar-refractivity contribution in [2.24, 2.45) is 0 Å². The van der Waals surface area contributed by atoms with E-state index in [4.69, 9.17) is 18.9 Å². The van der Waals surface area contributed by atoms with Gasteiger partial charge in [0, 0.05) is 42.6 Å². The first-order valence-corrected chi connectivity index (χ1v) is 13.5. The Bertz CT molecular complexity index is 1460. The molecule has 0 fully saturated rings. The molecule has 11 heteroatoms. The third kappa shape index (κ3) is 7.00. The van der Waals surface area contributed by atoms with Crippen LogP contribution >= 0.6 is 11.8 Å². The molecule has 10 nitrogen and oxygen atoms in total. The van der Waals surface area contributed by atoms with Crippen molar-refractivity contribution in [2.75, 3.05) is 52.2 Å². The van der Waals surface area contributed by atoms with Crippen LogP contribution in [-0.2, 0) is 14.3 Å². The van der Waals surface area contributed by atoms with E-state index < -0.39 is 11.8 Å². The summed E-state index contributed by atoms with van der Waals surface area (Å²) in [6, 6.07) is 19.0. The molecule has 0 radical (unpaired) electrons. The number of hydrogen-bond donors (Lipinski definition) is 2. The summed E-state index contributed by atoms with van der Waals surface area (Å²) in [4.78, 5) is 41.9. The van der Waals surface area contributed by atoms with Crippen molar-refractivity contribution < 1.29 is 33.3 Å². The fourth-order valence-corrected chi connectivity index (χ4v) is 5.09. The molecule has 214 valence electrons. The summed E-state index contributed by atoms with van der Waals surface area (Å²) in [5.74, 6) is 0.418. The molecule has 0 unspecified atom stereocenters. The number of hydrogen-bond acceptors (Lipinski definition) is 9. The molecule has 0 saturated carbocycles. The Morgan fingerprint density at radius 2 is 1.56 bits per heavy atom. The van der Waals surface area contributed by atoms with Gasteiger partial charge in [-0.25, -0.2) is 0 Å². The fraction of sp³-hybridized carbons (Fsp3) is 0.233. The number of carbonyl (C=O) groups excluding carboxylic acids is 3. The van der Waals surface area contributed by atoms with Crippen LogP contribution in [-0.4, -0.2) is 64.2 Å². The van der Waals surface area contributed by atoms with Crippen molar-refractivity contribution in [3.8, 4) is 17.2 Å². The summed E-state index contributed by atoms with van der Waals surface area (Å²) in [7, 11) is 6.15. The maximum atomic E-state index is 13.4. The molecule has 41 heavy (non-hydrogen) atoms. The fourth-order valence-electron chi connectivity index (χ4n) is 4.09. The second-order valence-electron chi connectivity index (χ2n) is 8.82. The van der Waals surface area contributed by atoms with E-state index in [-0.39, 0.29) is 23.1 Å². The first-order chi connectivity index (χ1) is 19.9. The highest BCUT2D eigenvalue weighted by Crippen LogP contribution is 2.37. The largest absolute Gasteiger partial charge is 0.497 e. The summed E-state index contributed by atoms with van der Waals surface area (Å²) < 4.78 is 20.9. The molecular weight excluding hydrogens is 546 g/mol. The van der Waals surface area contributed by atoms with E-state index >= 15 is 0 Å². The number of carbonyl (C=O) groups is 3. The van der Waals surface area contributed by atoms with Gasteiger partial charge in [-0.3, -0.25) is 19.3 Å². The number of nitrogens with zero attached hydrogens (tertiary/aromatic N) is 1. The maximum absolute atomic E-state index is 13.4. The highest BCUT2D eigenvalue weighted by Gasteiger charge is 2.38. The van der Waals surface area contributed by atoms with Gasteiger partial charge in [0.25, 0.3) is 17.7 Å². The number of methoxy groups -OCH3 is 4. The lowest BCUT2D eigenvalue weighted by Gasteiger charge is -2.15. The van der Waals surface area contributed by atoms with Crippen LogP contribution in [0.4, 0.5) is 11.4 Å². The monoisotopic (exact) mass is 577 g/mol. The van der Waals surface area contributed by atoms with Gasteiger partial charge in [-0.05, 0) is 61.0 Å². The van der Waals surface area contributed by atoms with Crippen LogP contribution in [0.1, 0.15) is 16.8 Å². The second-order valence-corrected chi connectivity index (χ2v) is 9.90. The molecule has 0 spiro atoms. The normalized spacial score (nSPS) is 12.9. The predicted octanol–water partition coefficient (Wildman–Crippen LogP) is 4.79. The number of rotatable bonds is 13. The molecule has 1 heterocycles. The zero-order valence-corrected chi connectivity index (χ0v) is 24.0. The lowest BCUT2D eigenvalue weighted by atomic mass is 10.1. The number of imide groups is 1. The summed E-state index contributed by atoms with van der Waals surface area (Å²) in [6.07, 6.45) is 0.512. The smallest absolute Gasteiger partial charge is 0.278 e.